The number of aromatic nitrogens is 1. The van der Waals surface area contributed by atoms with Crippen LogP contribution in [0.25, 0.3) is 0 Å². The van der Waals surface area contributed by atoms with E-state index in [0.29, 0.717) is 24.2 Å². The predicted molar refractivity (Wildman–Crippen MR) is 68.9 cm³/mol. The normalized spacial score (nSPS) is 9.11. The van der Waals surface area contributed by atoms with E-state index in [0.717, 1.165) is 0 Å². The Bertz CT molecular complexity index is 467. The second-order valence-corrected chi connectivity index (χ2v) is 3.75. The monoisotopic (exact) mass is 273 g/mol. The van der Waals surface area contributed by atoms with Gasteiger partial charge in [-0.2, -0.15) is 0 Å². The molecule has 0 saturated heterocycles. The molecule has 0 spiro atoms. The smallest absolute Gasteiger partial charge is 0.339 e. The summed E-state index contributed by atoms with van der Waals surface area (Å²) in [5.74, 6) is -0.415. The van der Waals surface area contributed by atoms with Crippen LogP contribution < -0.4 is 5.56 Å². The van der Waals surface area contributed by atoms with Crippen molar-refractivity contribution in [3.63, 3.8) is 0 Å². The van der Waals surface area contributed by atoms with Crippen LogP contribution in [0.2, 0.25) is 0 Å². The summed E-state index contributed by atoms with van der Waals surface area (Å²) < 4.78 is 4.76. The molecule has 0 atom stereocenters. The molecule has 0 aliphatic rings. The zero-order valence-corrected chi connectivity index (χ0v) is 11.3. The molecule has 0 amide bonds. The molecule has 0 aliphatic carbocycles. The second kappa shape index (κ2) is 8.47. The first-order valence-corrected chi connectivity index (χ1v) is 5.84. The van der Waals surface area contributed by atoms with Crippen LogP contribution in [-0.2, 0) is 9.53 Å². The molecule has 0 radical (unpaired) electrons. The minimum Gasteiger partial charge on any atom is -0.462 e. The third-order valence-corrected chi connectivity index (χ3v) is 2.15. The first-order chi connectivity index (χ1) is 8.42. The molecule has 1 aromatic heterocycles. The maximum absolute atomic E-state index is 11.2. The first-order valence-electron chi connectivity index (χ1n) is 5.47. The highest BCUT2D eigenvalue weighted by Crippen LogP contribution is 1.99. The summed E-state index contributed by atoms with van der Waals surface area (Å²) >= 11 is 4.82. The summed E-state index contributed by atoms with van der Waals surface area (Å²) in [7, 11) is 0. The molecular weight excluding hydrogens is 258 g/mol. The summed E-state index contributed by atoms with van der Waals surface area (Å²) in [6, 6.07) is 1.51. The molecule has 0 fully saturated rings. The molecule has 0 aliphatic heterocycles. The van der Waals surface area contributed by atoms with Gasteiger partial charge in [0.1, 0.15) is 0 Å². The van der Waals surface area contributed by atoms with E-state index in [1.807, 2.05) is 0 Å². The zero-order valence-electron chi connectivity index (χ0n) is 10.6. The second-order valence-electron chi connectivity index (χ2n) is 3.33. The number of nitrogens with one attached hydrogen (secondary N) is 1. The van der Waals surface area contributed by atoms with Crippen LogP contribution in [0.4, 0.5) is 0 Å². The Labute approximate surface area is 110 Å². The molecule has 18 heavy (non-hydrogen) atoms. The van der Waals surface area contributed by atoms with Gasteiger partial charge < -0.3 is 9.72 Å². The van der Waals surface area contributed by atoms with Crippen LogP contribution in [0.1, 0.15) is 36.2 Å². The fourth-order valence-electron chi connectivity index (χ4n) is 0.930. The van der Waals surface area contributed by atoms with Gasteiger partial charge in [-0.25, -0.2) is 4.79 Å². The van der Waals surface area contributed by atoms with Crippen molar-refractivity contribution in [2.75, 3.05) is 6.61 Å². The predicted octanol–water partition coefficient (Wildman–Crippen LogP) is 2.02. The highest BCUT2D eigenvalue weighted by atomic mass is 35.5. The molecule has 100 valence electrons. The number of hydrogen-bond donors (Lipinski definition) is 1. The fourth-order valence-corrected chi connectivity index (χ4v) is 0.930. The van der Waals surface area contributed by atoms with Crippen molar-refractivity contribution in [1.82, 2.24) is 4.98 Å². The summed E-state index contributed by atoms with van der Waals surface area (Å²) in [5.41, 5.74) is 0.692. The Morgan fingerprint density at radius 3 is 2.33 bits per heavy atom. The summed E-state index contributed by atoms with van der Waals surface area (Å²) in [4.78, 5) is 34.1. The molecule has 6 heteroatoms. The van der Waals surface area contributed by atoms with Gasteiger partial charge in [-0.15, -0.1) is 0 Å². The molecule has 0 unspecified atom stereocenters. The van der Waals surface area contributed by atoms with Crippen molar-refractivity contribution in [3.8, 4) is 0 Å². The zero-order chi connectivity index (χ0) is 14.1. The lowest BCUT2D eigenvalue weighted by Crippen LogP contribution is -2.13. The summed E-state index contributed by atoms with van der Waals surface area (Å²) in [6.07, 6.45) is 1.79. The largest absolute Gasteiger partial charge is 0.462 e. The molecule has 1 N–H and O–H groups in total. The van der Waals surface area contributed by atoms with Gasteiger partial charge in [0.05, 0.1) is 12.2 Å². The van der Waals surface area contributed by atoms with E-state index in [1.54, 1.807) is 20.8 Å². The summed E-state index contributed by atoms with van der Waals surface area (Å²) in [6.45, 7) is 5.42. The van der Waals surface area contributed by atoms with Gasteiger partial charge in [-0.1, -0.05) is 6.92 Å². The van der Waals surface area contributed by atoms with E-state index in [4.69, 9.17) is 16.3 Å². The fraction of sp³-hybridized carbons (Fsp3) is 0.417. The van der Waals surface area contributed by atoms with Crippen LogP contribution in [0.15, 0.2) is 17.1 Å². The Hall–Kier alpha value is -1.62. The molecule has 0 saturated carbocycles. The lowest BCUT2D eigenvalue weighted by Gasteiger charge is -2.01. The van der Waals surface area contributed by atoms with Crippen molar-refractivity contribution in [2.45, 2.75) is 27.2 Å². The summed E-state index contributed by atoms with van der Waals surface area (Å²) in [5, 5.41) is -0.273. The lowest BCUT2D eigenvalue weighted by molar-refractivity contribution is -0.111. The minimum atomic E-state index is -0.415. The van der Waals surface area contributed by atoms with Gasteiger partial charge >= 0.3 is 5.97 Å². The molecule has 0 aromatic carbocycles. The Kier molecular flexibility index (Phi) is 7.71. The first kappa shape index (κ1) is 16.4. The van der Waals surface area contributed by atoms with Crippen LogP contribution in [0.3, 0.4) is 0 Å². The highest BCUT2D eigenvalue weighted by molar-refractivity contribution is 6.63. The number of carbonyl (C=O) groups excluding carboxylic acids is 2. The average molecular weight is 274 g/mol. The van der Waals surface area contributed by atoms with Crippen molar-refractivity contribution in [2.24, 2.45) is 0 Å². The quantitative estimate of drug-likeness (QED) is 0.675. The molecule has 1 rings (SSSR count). The number of halogens is 1. The van der Waals surface area contributed by atoms with E-state index in [1.165, 1.54) is 12.3 Å². The highest BCUT2D eigenvalue weighted by Gasteiger charge is 2.06. The van der Waals surface area contributed by atoms with Gasteiger partial charge in [0.25, 0.3) is 5.56 Å². The van der Waals surface area contributed by atoms with E-state index < -0.39 is 5.97 Å². The van der Waals surface area contributed by atoms with E-state index in [9.17, 15) is 14.4 Å². The van der Waals surface area contributed by atoms with Gasteiger partial charge in [0.2, 0.25) is 5.24 Å². The number of aryl methyl sites for hydroxylation is 1. The number of pyridine rings is 1. The Morgan fingerprint density at radius 2 is 1.94 bits per heavy atom. The number of carbonyl (C=O) groups is 2. The third kappa shape index (κ3) is 6.20. The number of rotatable bonds is 3. The van der Waals surface area contributed by atoms with Gasteiger partial charge in [-0.3, -0.25) is 9.59 Å². The van der Waals surface area contributed by atoms with E-state index >= 15 is 0 Å². The molecule has 1 aromatic rings. The van der Waals surface area contributed by atoms with Gasteiger partial charge in [-0.05, 0) is 31.5 Å². The minimum absolute atomic E-state index is 0.187. The van der Waals surface area contributed by atoms with Crippen molar-refractivity contribution < 1.29 is 14.3 Å². The number of H-pyrrole nitrogens is 1. The van der Waals surface area contributed by atoms with Gasteiger partial charge in [0, 0.05) is 18.2 Å². The Morgan fingerprint density at radius 1 is 1.39 bits per heavy atom. The average Bonchev–Trinajstić information content (AvgIpc) is 2.33. The van der Waals surface area contributed by atoms with Crippen molar-refractivity contribution in [3.05, 3.63) is 33.7 Å². The van der Waals surface area contributed by atoms with E-state index in [-0.39, 0.29) is 10.8 Å². The third-order valence-electron chi connectivity index (χ3n) is 1.88. The van der Waals surface area contributed by atoms with Crippen LogP contribution >= 0.6 is 11.6 Å². The number of hydrogen-bond acceptors (Lipinski definition) is 4. The van der Waals surface area contributed by atoms with Gasteiger partial charge in [0.15, 0.2) is 0 Å². The Balaban J connectivity index is 0.000000494. The molecule has 0 bridgehead atoms. The number of aromatic amines is 1. The maximum atomic E-state index is 11.2. The lowest BCUT2D eigenvalue weighted by atomic mass is 10.2. The topological polar surface area (TPSA) is 76.2 Å². The van der Waals surface area contributed by atoms with Crippen LogP contribution in [-0.4, -0.2) is 22.8 Å². The molecular formula is C12H16ClNO4. The molecule has 5 nitrogen and oxygen atoms in total. The van der Waals surface area contributed by atoms with Crippen LogP contribution in [0.5, 0.6) is 0 Å². The maximum Gasteiger partial charge on any atom is 0.339 e. The van der Waals surface area contributed by atoms with Crippen LogP contribution in [0, 0.1) is 6.92 Å². The van der Waals surface area contributed by atoms with E-state index in [2.05, 4.69) is 4.98 Å². The standard InChI is InChI=1S/C9H11NO3.C3H5ClO/c1-3-13-9(12)7-4-6(2)8(11)10-5-7;1-2-3(4)5/h4-5H,3H2,1-2H3,(H,10,11);2H2,1H3. The number of ether oxygens (including phenoxy) is 1. The van der Waals surface area contributed by atoms with Crippen molar-refractivity contribution >= 4 is 22.8 Å². The SMILES string of the molecule is CCC(=O)Cl.CCOC(=O)c1c[nH]c(=O)c(C)c1. The van der Waals surface area contributed by atoms with Crippen molar-refractivity contribution in [1.29, 1.82) is 0 Å². The number of esters is 1. The molecule has 1 heterocycles.